The maximum Gasteiger partial charge on any atom is 0.442 e. The molecule has 0 bridgehead atoms. The maximum atomic E-state index is 11.4. The first-order chi connectivity index (χ1) is 7.20. The number of rotatable bonds is 2. The van der Waals surface area contributed by atoms with E-state index in [-0.39, 0.29) is 12.4 Å². The molecule has 0 aliphatic carbocycles. The molecule has 0 unspecified atom stereocenters. The van der Waals surface area contributed by atoms with E-state index in [2.05, 4.69) is 5.10 Å². The number of nitrogens with two attached hydrogens (primary N) is 1. The van der Waals surface area contributed by atoms with Gasteiger partial charge >= 0.3 is 5.76 Å². The minimum absolute atomic E-state index is 0.119. The Bertz CT molecular complexity index is 527. The lowest BCUT2D eigenvalue weighted by Crippen LogP contribution is -2.13. The van der Waals surface area contributed by atoms with Crippen LogP contribution in [0.15, 0.2) is 33.5 Å². The molecule has 0 radical (unpaired) electrons. The number of hydrogen-bond donors (Lipinski definition) is 1. The van der Waals surface area contributed by atoms with E-state index in [1.165, 1.54) is 4.68 Å². The first-order valence-corrected chi connectivity index (χ1v) is 4.57. The predicted octanol–water partition coefficient (Wildman–Crippen LogP) is 0.593. The van der Waals surface area contributed by atoms with Crippen LogP contribution in [0.25, 0.3) is 5.69 Å². The zero-order valence-corrected chi connectivity index (χ0v) is 8.30. The van der Waals surface area contributed by atoms with Crippen LogP contribution in [0.3, 0.4) is 0 Å². The molecule has 0 fully saturated rings. The summed E-state index contributed by atoms with van der Waals surface area (Å²) in [5.74, 6) is -0.275. The molecular weight excluding hydrogens is 194 g/mol. The molecule has 0 aliphatic rings. The molecule has 1 aromatic carbocycles. The smallest absolute Gasteiger partial charge is 0.391 e. The van der Waals surface area contributed by atoms with Crippen molar-refractivity contribution in [2.24, 2.45) is 5.73 Å². The number of hydrogen-bond acceptors (Lipinski definition) is 4. The summed E-state index contributed by atoms with van der Waals surface area (Å²) in [6.45, 7) is 2.06. The van der Waals surface area contributed by atoms with E-state index in [4.69, 9.17) is 10.2 Å². The van der Waals surface area contributed by atoms with Crippen molar-refractivity contribution in [2.75, 3.05) is 0 Å². The van der Waals surface area contributed by atoms with E-state index in [1.54, 1.807) is 6.07 Å². The van der Waals surface area contributed by atoms with Gasteiger partial charge in [-0.05, 0) is 24.6 Å². The largest absolute Gasteiger partial charge is 0.442 e. The van der Waals surface area contributed by atoms with Gasteiger partial charge in [0.25, 0.3) is 0 Å². The Morgan fingerprint density at radius 2 is 2.33 bits per heavy atom. The van der Waals surface area contributed by atoms with Crippen LogP contribution in [0.5, 0.6) is 0 Å². The summed E-state index contributed by atoms with van der Waals surface area (Å²) in [6, 6.07) is 7.44. The maximum absolute atomic E-state index is 11.4. The van der Waals surface area contributed by atoms with Crippen molar-refractivity contribution in [2.45, 2.75) is 13.5 Å². The summed E-state index contributed by atoms with van der Waals surface area (Å²) in [5, 5.41) is 3.95. The fourth-order valence-electron chi connectivity index (χ4n) is 1.32. The van der Waals surface area contributed by atoms with Crippen LogP contribution < -0.4 is 11.5 Å². The fraction of sp³-hybridized carbons (Fsp3) is 0.200. The van der Waals surface area contributed by atoms with Crippen LogP contribution in [0.1, 0.15) is 11.5 Å². The second-order valence-corrected chi connectivity index (χ2v) is 3.22. The first-order valence-electron chi connectivity index (χ1n) is 4.57. The van der Waals surface area contributed by atoms with Crippen molar-refractivity contribution < 1.29 is 4.42 Å². The molecule has 0 aliphatic heterocycles. The van der Waals surface area contributed by atoms with Gasteiger partial charge in [-0.25, -0.2) is 4.79 Å². The zero-order chi connectivity index (χ0) is 10.8. The van der Waals surface area contributed by atoms with Gasteiger partial charge in [0.2, 0.25) is 5.89 Å². The molecule has 2 N–H and O–H groups in total. The van der Waals surface area contributed by atoms with E-state index in [9.17, 15) is 4.79 Å². The highest BCUT2D eigenvalue weighted by atomic mass is 16.4. The van der Waals surface area contributed by atoms with Gasteiger partial charge in [-0.2, -0.15) is 4.68 Å². The minimum atomic E-state index is -0.513. The summed E-state index contributed by atoms with van der Waals surface area (Å²) in [5.41, 5.74) is 7.07. The molecular formula is C10H11N3O2. The molecule has 1 aromatic heterocycles. The normalized spacial score (nSPS) is 10.5. The molecule has 5 heteroatoms. The third kappa shape index (κ3) is 1.82. The van der Waals surface area contributed by atoms with Crippen molar-refractivity contribution >= 4 is 0 Å². The zero-order valence-electron chi connectivity index (χ0n) is 8.30. The first kappa shape index (κ1) is 9.67. The Hall–Kier alpha value is -1.88. The summed E-state index contributed by atoms with van der Waals surface area (Å²) in [4.78, 5) is 11.4. The van der Waals surface area contributed by atoms with Gasteiger partial charge in [0.05, 0.1) is 12.2 Å². The van der Waals surface area contributed by atoms with Crippen LogP contribution in [-0.2, 0) is 6.54 Å². The van der Waals surface area contributed by atoms with Crippen molar-refractivity contribution in [3.8, 4) is 5.69 Å². The molecule has 78 valence electrons. The highest BCUT2D eigenvalue weighted by molar-refractivity contribution is 5.33. The minimum Gasteiger partial charge on any atom is -0.391 e. The van der Waals surface area contributed by atoms with Gasteiger partial charge in [-0.3, -0.25) is 0 Å². The van der Waals surface area contributed by atoms with Crippen molar-refractivity contribution in [1.29, 1.82) is 0 Å². The van der Waals surface area contributed by atoms with E-state index < -0.39 is 5.76 Å². The van der Waals surface area contributed by atoms with E-state index >= 15 is 0 Å². The Morgan fingerprint density at radius 3 is 2.93 bits per heavy atom. The van der Waals surface area contributed by atoms with Crippen LogP contribution >= 0.6 is 0 Å². The second-order valence-electron chi connectivity index (χ2n) is 3.22. The standard InChI is InChI=1S/C10H11N3O2/c1-7-3-2-4-8(5-7)13-10(14)15-9(6-11)12-13/h2-5H,6,11H2,1H3. The second kappa shape index (κ2) is 3.70. The number of nitrogens with zero attached hydrogens (tertiary/aromatic N) is 2. The monoisotopic (exact) mass is 205 g/mol. The van der Waals surface area contributed by atoms with Gasteiger partial charge in [0.15, 0.2) is 0 Å². The molecule has 0 atom stereocenters. The average molecular weight is 205 g/mol. The fourth-order valence-corrected chi connectivity index (χ4v) is 1.32. The van der Waals surface area contributed by atoms with Gasteiger partial charge in [0, 0.05) is 0 Å². The van der Waals surface area contributed by atoms with Crippen molar-refractivity contribution in [3.63, 3.8) is 0 Å². The summed E-state index contributed by atoms with van der Waals surface area (Å²) in [7, 11) is 0. The number of aryl methyl sites for hydroxylation is 1. The molecule has 0 amide bonds. The van der Waals surface area contributed by atoms with Gasteiger partial charge < -0.3 is 10.2 Å². The lowest BCUT2D eigenvalue weighted by atomic mass is 10.2. The van der Waals surface area contributed by atoms with Crippen LogP contribution in [0.4, 0.5) is 0 Å². The molecule has 0 saturated heterocycles. The van der Waals surface area contributed by atoms with Gasteiger partial charge in [0.1, 0.15) is 0 Å². The average Bonchev–Trinajstić information content (AvgIpc) is 2.60. The highest BCUT2D eigenvalue weighted by Gasteiger charge is 2.07. The van der Waals surface area contributed by atoms with Crippen LogP contribution in [0.2, 0.25) is 0 Å². The molecule has 0 saturated carbocycles. The van der Waals surface area contributed by atoms with Crippen molar-refractivity contribution in [3.05, 3.63) is 46.3 Å². The number of aromatic nitrogens is 2. The van der Waals surface area contributed by atoms with Crippen molar-refractivity contribution in [1.82, 2.24) is 9.78 Å². The third-order valence-corrected chi connectivity index (χ3v) is 2.01. The number of benzene rings is 1. The van der Waals surface area contributed by atoms with Gasteiger partial charge in [-0.1, -0.05) is 12.1 Å². The quantitative estimate of drug-likeness (QED) is 0.778. The molecule has 2 aromatic rings. The topological polar surface area (TPSA) is 74.1 Å². The summed E-state index contributed by atoms with van der Waals surface area (Å²) >= 11 is 0. The van der Waals surface area contributed by atoms with Gasteiger partial charge in [-0.15, -0.1) is 5.10 Å². The molecule has 1 heterocycles. The van der Waals surface area contributed by atoms with E-state index in [1.807, 2.05) is 25.1 Å². The van der Waals surface area contributed by atoms with E-state index in [0.717, 1.165) is 5.56 Å². The summed E-state index contributed by atoms with van der Waals surface area (Å²) < 4.78 is 6.03. The van der Waals surface area contributed by atoms with Crippen LogP contribution in [0, 0.1) is 6.92 Å². The predicted molar refractivity (Wildman–Crippen MR) is 54.7 cm³/mol. The lowest BCUT2D eigenvalue weighted by Gasteiger charge is -1.98. The molecule has 5 nitrogen and oxygen atoms in total. The van der Waals surface area contributed by atoms with Crippen LogP contribution in [-0.4, -0.2) is 9.78 Å². The Kier molecular flexibility index (Phi) is 2.39. The van der Waals surface area contributed by atoms with E-state index in [0.29, 0.717) is 5.69 Å². The highest BCUT2D eigenvalue weighted by Crippen LogP contribution is 2.07. The Balaban J connectivity index is 2.54. The third-order valence-electron chi connectivity index (χ3n) is 2.01. The molecule has 0 spiro atoms. The SMILES string of the molecule is Cc1cccc(-n2nc(CN)oc2=O)c1. The molecule has 2 rings (SSSR count). The summed E-state index contributed by atoms with van der Waals surface area (Å²) in [6.07, 6.45) is 0. The lowest BCUT2D eigenvalue weighted by molar-refractivity contribution is 0.460. The Morgan fingerprint density at radius 1 is 1.53 bits per heavy atom. The molecule has 15 heavy (non-hydrogen) atoms. The Labute approximate surface area is 86.1 Å².